The minimum Gasteiger partial charge on any atom is -0.355 e. The Morgan fingerprint density at radius 1 is 1.36 bits per heavy atom. The second-order valence-electron chi connectivity index (χ2n) is 5.58. The smallest absolute Gasteiger partial charge is 0.254 e. The molecule has 2 aromatic heterocycles. The van der Waals surface area contributed by atoms with Crippen molar-refractivity contribution >= 4 is 11.9 Å². The number of hydrogen-bond acceptors (Lipinski definition) is 5. The largest absolute Gasteiger partial charge is 0.355 e. The molecule has 0 saturated carbocycles. The van der Waals surface area contributed by atoms with Gasteiger partial charge in [-0.25, -0.2) is 9.97 Å². The number of nitrogens with one attached hydrogen (secondary N) is 2. The highest BCUT2D eigenvalue weighted by Gasteiger charge is 2.32. The topological polar surface area (TPSA) is 86.8 Å². The number of carbonyl (C=O) groups is 1. The summed E-state index contributed by atoms with van der Waals surface area (Å²) in [5, 5.41) is 9.68. The molecule has 7 heteroatoms. The van der Waals surface area contributed by atoms with E-state index in [0.717, 1.165) is 42.4 Å². The second kappa shape index (κ2) is 5.75. The summed E-state index contributed by atoms with van der Waals surface area (Å²) in [4.78, 5) is 23.2. The van der Waals surface area contributed by atoms with Crippen LogP contribution in [0.5, 0.6) is 0 Å². The van der Waals surface area contributed by atoms with Gasteiger partial charge in [0.25, 0.3) is 5.91 Å². The quantitative estimate of drug-likeness (QED) is 0.897. The third-order valence-electron chi connectivity index (χ3n) is 3.95. The van der Waals surface area contributed by atoms with E-state index in [-0.39, 0.29) is 11.9 Å². The molecule has 3 heterocycles. The van der Waals surface area contributed by atoms with Gasteiger partial charge in [0.15, 0.2) is 0 Å². The van der Waals surface area contributed by atoms with Crippen LogP contribution in [0.3, 0.4) is 0 Å². The van der Waals surface area contributed by atoms with Crippen molar-refractivity contribution in [2.45, 2.75) is 32.7 Å². The number of carbonyl (C=O) groups excluding carboxylic acids is 1. The van der Waals surface area contributed by atoms with Gasteiger partial charge in [0.2, 0.25) is 5.95 Å². The molecule has 1 aliphatic heterocycles. The Morgan fingerprint density at radius 2 is 2.09 bits per heavy atom. The zero-order valence-electron chi connectivity index (χ0n) is 13.1. The molecule has 116 valence electrons. The van der Waals surface area contributed by atoms with E-state index in [1.807, 2.05) is 19.9 Å². The van der Waals surface area contributed by atoms with Gasteiger partial charge in [-0.3, -0.25) is 9.89 Å². The van der Waals surface area contributed by atoms with Gasteiger partial charge in [0.05, 0.1) is 23.5 Å². The molecule has 3 rings (SSSR count). The summed E-state index contributed by atoms with van der Waals surface area (Å²) in [6.07, 6.45) is 3.56. The molecule has 0 aromatic carbocycles. The number of aromatic amines is 1. The van der Waals surface area contributed by atoms with E-state index >= 15 is 0 Å². The average molecular weight is 300 g/mol. The van der Waals surface area contributed by atoms with Crippen molar-refractivity contribution in [3.05, 3.63) is 34.9 Å². The van der Waals surface area contributed by atoms with Crippen LogP contribution in [0, 0.1) is 13.8 Å². The van der Waals surface area contributed by atoms with Crippen molar-refractivity contribution in [3.8, 4) is 0 Å². The van der Waals surface area contributed by atoms with Crippen LogP contribution in [0.1, 0.15) is 46.3 Å². The molecule has 1 atom stereocenters. The zero-order valence-corrected chi connectivity index (χ0v) is 13.1. The lowest BCUT2D eigenvalue weighted by Gasteiger charge is -2.25. The van der Waals surface area contributed by atoms with Crippen LogP contribution in [0.15, 0.2) is 12.3 Å². The molecular weight excluding hydrogens is 280 g/mol. The SMILES string of the molecule is CNC(=O)c1cn[nH]c1[C@@H]1CCCN1c1nc(C)cc(C)n1. The van der Waals surface area contributed by atoms with E-state index in [2.05, 4.69) is 30.4 Å². The first kappa shape index (κ1) is 14.5. The van der Waals surface area contributed by atoms with Crippen molar-refractivity contribution in [1.82, 2.24) is 25.5 Å². The van der Waals surface area contributed by atoms with Crippen molar-refractivity contribution in [3.63, 3.8) is 0 Å². The average Bonchev–Trinajstić information content (AvgIpc) is 3.13. The van der Waals surface area contributed by atoms with Crippen LogP contribution >= 0.6 is 0 Å². The Labute approximate surface area is 129 Å². The van der Waals surface area contributed by atoms with Crippen molar-refractivity contribution in [2.24, 2.45) is 0 Å². The number of rotatable bonds is 3. The lowest BCUT2D eigenvalue weighted by Crippen LogP contribution is -2.28. The van der Waals surface area contributed by atoms with Crippen LogP contribution in [0.4, 0.5) is 5.95 Å². The standard InChI is InChI=1S/C15H20N6O/c1-9-7-10(2)19-15(18-9)21-6-4-5-12(21)13-11(8-17-20-13)14(22)16-3/h7-8,12H,4-6H2,1-3H3,(H,16,22)(H,17,20)/t12-/m0/s1. The maximum absolute atomic E-state index is 12.0. The normalized spacial score (nSPS) is 17.8. The van der Waals surface area contributed by atoms with Gasteiger partial charge in [0.1, 0.15) is 0 Å². The van der Waals surface area contributed by atoms with E-state index in [9.17, 15) is 4.79 Å². The highest BCUT2D eigenvalue weighted by atomic mass is 16.1. The third-order valence-corrected chi connectivity index (χ3v) is 3.95. The van der Waals surface area contributed by atoms with Gasteiger partial charge in [0, 0.05) is 25.0 Å². The summed E-state index contributed by atoms with van der Waals surface area (Å²) in [6.45, 7) is 4.81. The van der Waals surface area contributed by atoms with Gasteiger partial charge in [-0.2, -0.15) is 5.10 Å². The predicted molar refractivity (Wildman–Crippen MR) is 82.8 cm³/mol. The van der Waals surface area contributed by atoms with Gasteiger partial charge in [-0.15, -0.1) is 0 Å². The first-order valence-electron chi connectivity index (χ1n) is 7.44. The first-order valence-corrected chi connectivity index (χ1v) is 7.44. The van der Waals surface area contributed by atoms with Crippen molar-refractivity contribution < 1.29 is 4.79 Å². The van der Waals surface area contributed by atoms with Gasteiger partial charge in [-0.1, -0.05) is 0 Å². The van der Waals surface area contributed by atoms with Crippen LogP contribution in [0.2, 0.25) is 0 Å². The van der Waals surface area contributed by atoms with E-state index in [4.69, 9.17) is 0 Å². The Bertz CT molecular complexity index is 675. The van der Waals surface area contributed by atoms with E-state index < -0.39 is 0 Å². The van der Waals surface area contributed by atoms with Gasteiger partial charge in [-0.05, 0) is 32.8 Å². The number of nitrogens with zero attached hydrogens (tertiary/aromatic N) is 4. The fraction of sp³-hybridized carbons (Fsp3) is 0.467. The summed E-state index contributed by atoms with van der Waals surface area (Å²) < 4.78 is 0. The molecule has 0 unspecified atom stereocenters. The minimum atomic E-state index is -0.128. The Hall–Kier alpha value is -2.44. The molecule has 2 aromatic rings. The summed E-state index contributed by atoms with van der Waals surface area (Å²) in [5.74, 6) is 0.592. The Kier molecular flexibility index (Phi) is 3.79. The molecular formula is C15H20N6O. The molecule has 0 radical (unpaired) electrons. The van der Waals surface area contributed by atoms with Crippen LogP contribution < -0.4 is 10.2 Å². The van der Waals surface area contributed by atoms with Gasteiger partial charge < -0.3 is 10.2 Å². The number of aryl methyl sites for hydroxylation is 2. The maximum Gasteiger partial charge on any atom is 0.254 e. The molecule has 0 bridgehead atoms. The lowest BCUT2D eigenvalue weighted by molar-refractivity contribution is 0.0961. The van der Waals surface area contributed by atoms with Gasteiger partial charge >= 0.3 is 0 Å². The zero-order chi connectivity index (χ0) is 15.7. The summed E-state index contributed by atoms with van der Waals surface area (Å²) in [7, 11) is 1.62. The highest BCUT2D eigenvalue weighted by molar-refractivity contribution is 5.95. The fourth-order valence-corrected chi connectivity index (χ4v) is 3.01. The number of H-pyrrole nitrogens is 1. The summed E-state index contributed by atoms with van der Waals surface area (Å²) >= 11 is 0. The first-order chi connectivity index (χ1) is 10.6. The van der Waals surface area contributed by atoms with Crippen LogP contribution in [-0.2, 0) is 0 Å². The number of hydrogen-bond donors (Lipinski definition) is 2. The molecule has 0 aliphatic carbocycles. The fourth-order valence-electron chi connectivity index (χ4n) is 3.01. The van der Waals surface area contributed by atoms with Crippen LogP contribution in [-0.4, -0.2) is 39.7 Å². The predicted octanol–water partition coefficient (Wildman–Crippen LogP) is 1.52. The molecule has 7 nitrogen and oxygen atoms in total. The summed E-state index contributed by atoms with van der Waals surface area (Å²) in [5.41, 5.74) is 3.32. The highest BCUT2D eigenvalue weighted by Crippen LogP contribution is 2.35. The lowest BCUT2D eigenvalue weighted by atomic mass is 10.1. The monoisotopic (exact) mass is 300 g/mol. The van der Waals surface area contributed by atoms with E-state index in [0.29, 0.717) is 5.56 Å². The third kappa shape index (κ3) is 2.54. The van der Waals surface area contributed by atoms with Crippen LogP contribution in [0.25, 0.3) is 0 Å². The number of anilines is 1. The van der Waals surface area contributed by atoms with E-state index in [1.165, 1.54) is 0 Å². The second-order valence-corrected chi connectivity index (χ2v) is 5.58. The molecule has 22 heavy (non-hydrogen) atoms. The molecule has 0 spiro atoms. The number of aromatic nitrogens is 4. The maximum atomic E-state index is 12.0. The molecule has 1 aliphatic rings. The number of amides is 1. The van der Waals surface area contributed by atoms with Crippen molar-refractivity contribution in [1.29, 1.82) is 0 Å². The molecule has 1 fully saturated rings. The molecule has 1 amide bonds. The molecule has 1 saturated heterocycles. The molecule has 2 N–H and O–H groups in total. The minimum absolute atomic E-state index is 0.0519. The van der Waals surface area contributed by atoms with Crippen molar-refractivity contribution in [2.75, 3.05) is 18.5 Å². The summed E-state index contributed by atoms with van der Waals surface area (Å²) in [6, 6.07) is 2.01. The Balaban J connectivity index is 1.97. The Morgan fingerprint density at radius 3 is 2.77 bits per heavy atom. The van der Waals surface area contributed by atoms with E-state index in [1.54, 1.807) is 13.2 Å².